The van der Waals surface area contributed by atoms with Crippen LogP contribution in [0.25, 0.3) is 51.1 Å². The van der Waals surface area contributed by atoms with Gasteiger partial charge in [-0.1, -0.05) is 73.8 Å². The molecule has 0 bridgehead atoms. The summed E-state index contributed by atoms with van der Waals surface area (Å²) in [5, 5.41) is 0. The molecule has 7 aromatic rings. The van der Waals surface area contributed by atoms with Gasteiger partial charge in [-0.15, -0.1) is 16.4 Å². The van der Waals surface area contributed by atoms with Crippen molar-refractivity contribution in [2.75, 3.05) is 0 Å². The average molecular weight is 1250 g/mol. The maximum absolute atomic E-state index is 17.5. The Morgan fingerprint density at radius 1 is 0.384 bits per heavy atom. The molecular weight excluding hydrogens is 1230 g/mol. The summed E-state index contributed by atoms with van der Waals surface area (Å²) in [6.45, 7) is 7.14. The molecule has 1 aliphatic rings. The molecular formula is C55H19BF29Li. The first-order valence-corrected chi connectivity index (χ1v) is 22.9. The summed E-state index contributed by atoms with van der Waals surface area (Å²) in [5.41, 5.74) is -32.7. The van der Waals surface area contributed by atoms with E-state index >= 15 is 87.8 Å². The summed E-state index contributed by atoms with van der Waals surface area (Å²) in [7, 11) is 0. The van der Waals surface area contributed by atoms with Crippen LogP contribution in [0.15, 0.2) is 103 Å². The summed E-state index contributed by atoms with van der Waals surface area (Å²) in [4.78, 5) is 0. The number of hydrogen-bond acceptors (Lipinski definition) is 0. The van der Waals surface area contributed by atoms with Crippen molar-refractivity contribution in [1.82, 2.24) is 0 Å². The van der Waals surface area contributed by atoms with Crippen LogP contribution in [-0.2, 0) is 18.5 Å². The Kier molecular flexibility index (Phi) is 17.1. The molecule has 0 N–H and O–H groups in total. The van der Waals surface area contributed by atoms with Crippen LogP contribution >= 0.6 is 0 Å². The van der Waals surface area contributed by atoms with Gasteiger partial charge in [0, 0.05) is 5.56 Å². The van der Waals surface area contributed by atoms with Gasteiger partial charge in [0.05, 0.1) is 11.1 Å². The summed E-state index contributed by atoms with van der Waals surface area (Å²) < 4.78 is 457. The van der Waals surface area contributed by atoms with Crippen molar-refractivity contribution in [2.24, 2.45) is 0 Å². The first kappa shape index (κ1) is 65.7. The van der Waals surface area contributed by atoms with Gasteiger partial charge in [-0.3, -0.25) is 0 Å². The zero-order valence-electron chi connectivity index (χ0n) is 41.6. The molecule has 86 heavy (non-hydrogen) atoms. The van der Waals surface area contributed by atoms with Gasteiger partial charge in [0.15, 0.2) is 58.2 Å². The molecule has 0 radical (unpaired) electrons. The third kappa shape index (κ3) is 10.1. The molecule has 0 saturated carbocycles. The molecule has 0 heterocycles. The number of alkyl halides is 11. The van der Waals surface area contributed by atoms with Crippen LogP contribution in [0.1, 0.15) is 33.4 Å². The Morgan fingerprint density at radius 3 is 0.977 bits per heavy atom. The molecule has 0 amide bonds. The van der Waals surface area contributed by atoms with Gasteiger partial charge in [-0.2, -0.15) is 39.5 Å². The number of hydrogen-bond donors (Lipinski definition) is 0. The van der Waals surface area contributed by atoms with Gasteiger partial charge in [-0.05, 0) is 69.0 Å². The van der Waals surface area contributed by atoms with Gasteiger partial charge < -0.3 is 0 Å². The van der Waals surface area contributed by atoms with Gasteiger partial charge >= 0.3 is 37.4 Å². The van der Waals surface area contributed by atoms with E-state index in [1.54, 1.807) is 0 Å². The van der Waals surface area contributed by atoms with E-state index in [0.717, 1.165) is 12.1 Å². The molecule has 0 aliphatic heterocycles. The van der Waals surface area contributed by atoms with Crippen LogP contribution in [0.5, 0.6) is 0 Å². The number of allylic oxidation sites excluding steroid dienone is 4. The Hall–Kier alpha value is -7.87. The molecule has 0 spiro atoms. The molecule has 1 atom stereocenters. The Balaban J connectivity index is 0.0000106. The predicted molar refractivity (Wildman–Crippen MR) is 247 cm³/mol. The zero-order valence-corrected chi connectivity index (χ0v) is 41.6. The second-order valence-corrected chi connectivity index (χ2v) is 18.4. The summed E-state index contributed by atoms with van der Waals surface area (Å²) >= 11 is 0. The van der Waals surface area contributed by atoms with Crippen molar-refractivity contribution in [3.8, 4) is 33.4 Å². The van der Waals surface area contributed by atoms with E-state index < -0.39 is 203 Å². The average Bonchev–Trinajstić information content (AvgIpc) is 0.674. The molecule has 0 aromatic heterocycles. The summed E-state index contributed by atoms with van der Waals surface area (Å²) in [6, 6.07) is 14.0. The van der Waals surface area contributed by atoms with Crippen LogP contribution < -0.4 is 35.2 Å². The van der Waals surface area contributed by atoms with Gasteiger partial charge in [0.2, 0.25) is 0 Å². The van der Waals surface area contributed by atoms with Crippen molar-refractivity contribution in [1.29, 1.82) is 0 Å². The topological polar surface area (TPSA) is 0 Å². The van der Waals surface area contributed by atoms with Crippen LogP contribution in [-0.4, -0.2) is 12.1 Å². The molecule has 0 nitrogen and oxygen atoms in total. The standard InChI is InChI=1S/C55H19BF29.Li/c1-3-17-5-9-19(10-6-17)21-13-22(20-11-7-18(4-2)8-12-20)15-23(14-21)26-25(57)16-24(34(58)35(26)59)27-36(60)49(73)50(52(75,76)51(27)74)56(31-43(67)37(61)28(53(77,78)79)38(62)44(31)68,32-45(69)39(63)29(54(80,81)82)40(64)46(32)70)33-47(71)41(65)30(55(83,84)85)42(66)48(33)72;/h3-16,50H,1-2H2;/q-1;+1. The smallest absolute Gasteiger partial charge is 0.212 e. The molecule has 1 unspecified atom stereocenters. The molecule has 31 heteroatoms. The first-order chi connectivity index (χ1) is 39.3. The van der Waals surface area contributed by atoms with Crippen molar-refractivity contribution < 1.29 is 146 Å². The van der Waals surface area contributed by atoms with Gasteiger partial charge in [0.1, 0.15) is 69.4 Å². The minimum absolute atomic E-state index is 0. The van der Waals surface area contributed by atoms with Crippen molar-refractivity contribution in [3.63, 3.8) is 0 Å². The Bertz CT molecular complexity index is 3710. The van der Waals surface area contributed by atoms with E-state index in [-0.39, 0.29) is 41.1 Å². The normalized spacial score (nSPS) is 14.9. The minimum Gasteiger partial charge on any atom is -0.212 e. The fraction of sp³-hybridized carbons (Fsp3) is 0.0909. The van der Waals surface area contributed by atoms with E-state index in [1.807, 2.05) is 0 Å². The summed E-state index contributed by atoms with van der Waals surface area (Å²) in [6.07, 6.45) is -26.7. The van der Waals surface area contributed by atoms with Crippen molar-refractivity contribution in [2.45, 2.75) is 30.3 Å². The van der Waals surface area contributed by atoms with Crippen LogP contribution in [0.2, 0.25) is 5.82 Å². The molecule has 8 rings (SSSR count). The molecule has 0 fully saturated rings. The van der Waals surface area contributed by atoms with E-state index in [4.69, 9.17) is 0 Å². The van der Waals surface area contributed by atoms with Crippen molar-refractivity contribution >= 4 is 40.3 Å². The maximum atomic E-state index is 17.5. The molecule has 0 saturated heterocycles. The quantitative estimate of drug-likeness (QED) is 0.0727. The van der Waals surface area contributed by atoms with Crippen molar-refractivity contribution in [3.05, 3.63) is 224 Å². The molecule has 1 aliphatic carbocycles. The summed E-state index contributed by atoms with van der Waals surface area (Å²) in [5.74, 6) is -88.3. The van der Waals surface area contributed by atoms with Crippen LogP contribution in [0.3, 0.4) is 0 Å². The Labute approximate surface area is 473 Å². The van der Waals surface area contributed by atoms with E-state index in [9.17, 15) is 39.5 Å². The fourth-order valence-electron chi connectivity index (χ4n) is 10.2. The van der Waals surface area contributed by atoms with Gasteiger partial charge in [0.25, 0.3) is 5.92 Å². The maximum Gasteiger partial charge on any atom is 1.00 e. The number of benzene rings is 7. The number of halogens is 29. The third-order valence-corrected chi connectivity index (χ3v) is 13.8. The second-order valence-electron chi connectivity index (χ2n) is 18.4. The second kappa shape index (κ2) is 22.4. The monoisotopic (exact) mass is 1250 g/mol. The first-order valence-electron chi connectivity index (χ1n) is 22.9. The fourth-order valence-corrected chi connectivity index (χ4v) is 10.2. The zero-order chi connectivity index (χ0) is 63.6. The van der Waals surface area contributed by atoms with E-state index in [1.165, 1.54) is 66.7 Å². The predicted octanol–water partition coefficient (Wildman–Crippen LogP) is 15.1. The SMILES string of the molecule is C=Cc1ccc(-c2cc(-c3ccc(C=C)cc3)cc(-c3c(F)cc(C4=C(F)C(F)(F)C([B-](c5c(F)c(F)c(C(F)(F)F)c(F)c5F)(c5c(F)c(F)c(C(F)(F)F)c(F)c5F)c5c(F)c(F)c(C(F)(F)F)c(F)c5F)C(F)=C4F)c(F)c3F)c2)cc1.[Li+]. The number of rotatable bonds is 10. The van der Waals surface area contributed by atoms with Gasteiger partial charge in [-0.25, -0.2) is 87.8 Å². The van der Waals surface area contributed by atoms with Crippen LogP contribution in [0.4, 0.5) is 127 Å². The Morgan fingerprint density at radius 2 is 0.686 bits per heavy atom. The minimum atomic E-state index is -8.53. The molecule has 446 valence electrons. The van der Waals surface area contributed by atoms with Crippen LogP contribution in [0, 0.1) is 87.3 Å². The van der Waals surface area contributed by atoms with E-state index in [0.29, 0.717) is 11.1 Å². The molecule has 7 aromatic carbocycles. The van der Waals surface area contributed by atoms with E-state index in [2.05, 4.69) is 13.2 Å². The largest absolute Gasteiger partial charge is 1.00 e. The third-order valence-electron chi connectivity index (χ3n) is 13.8.